The smallest absolute Gasteiger partial charge is 0.272 e. The molecule has 1 aliphatic rings. The number of amides is 2. The van der Waals surface area contributed by atoms with E-state index in [0.29, 0.717) is 30.2 Å². The number of alkyl halides is 3. The summed E-state index contributed by atoms with van der Waals surface area (Å²) in [4.78, 5) is 23.5. The SMILES string of the molecule is C#CCCCC1(c2ccccc2)SC(=O)N(C(F)(F)F)C1=O. The standard InChI is InChI=1S/C15H12F3NO2S/c1-2-3-7-10-14(11-8-5-4-6-9-11)12(20)19(13(21)22-14)15(16,17)18/h1,4-6,8-9H,3,7,10H2. The maximum atomic E-state index is 12.9. The number of benzene rings is 1. The first-order valence-electron chi connectivity index (χ1n) is 6.46. The van der Waals surface area contributed by atoms with E-state index in [9.17, 15) is 22.8 Å². The summed E-state index contributed by atoms with van der Waals surface area (Å²) in [5, 5.41) is -1.30. The van der Waals surface area contributed by atoms with E-state index >= 15 is 0 Å². The van der Waals surface area contributed by atoms with Crippen LogP contribution >= 0.6 is 11.8 Å². The molecule has 0 spiro atoms. The first-order chi connectivity index (χ1) is 10.3. The van der Waals surface area contributed by atoms with Gasteiger partial charge in [-0.05, 0) is 30.2 Å². The van der Waals surface area contributed by atoms with Crippen molar-refractivity contribution in [2.45, 2.75) is 30.3 Å². The van der Waals surface area contributed by atoms with Gasteiger partial charge in [-0.2, -0.15) is 4.90 Å². The third-order valence-electron chi connectivity index (χ3n) is 3.34. The van der Waals surface area contributed by atoms with E-state index in [1.54, 1.807) is 30.3 Å². The molecule has 22 heavy (non-hydrogen) atoms. The topological polar surface area (TPSA) is 37.4 Å². The van der Waals surface area contributed by atoms with E-state index < -0.39 is 27.1 Å². The molecule has 0 aliphatic carbocycles. The number of carbonyl (C=O) groups excluding carboxylic acids is 2. The Kier molecular flexibility index (Phi) is 4.52. The zero-order chi connectivity index (χ0) is 16.4. The number of thioether (sulfide) groups is 1. The van der Waals surface area contributed by atoms with E-state index in [2.05, 4.69) is 5.92 Å². The molecule has 1 aliphatic heterocycles. The van der Waals surface area contributed by atoms with Gasteiger partial charge in [0.05, 0.1) is 0 Å². The number of nitrogens with zero attached hydrogens (tertiary/aromatic N) is 1. The molecule has 2 amide bonds. The molecule has 3 nitrogen and oxygen atoms in total. The molecule has 1 fully saturated rings. The van der Waals surface area contributed by atoms with Crippen molar-refractivity contribution in [3.63, 3.8) is 0 Å². The highest BCUT2D eigenvalue weighted by molar-refractivity contribution is 8.15. The monoisotopic (exact) mass is 327 g/mol. The highest BCUT2D eigenvalue weighted by atomic mass is 32.2. The van der Waals surface area contributed by atoms with Gasteiger partial charge in [-0.25, -0.2) is 0 Å². The normalized spacial score (nSPS) is 22.0. The van der Waals surface area contributed by atoms with Gasteiger partial charge in [-0.3, -0.25) is 9.59 Å². The second-order valence-electron chi connectivity index (χ2n) is 4.73. The summed E-state index contributed by atoms with van der Waals surface area (Å²) >= 11 is 0.408. The van der Waals surface area contributed by atoms with Crippen LogP contribution in [-0.4, -0.2) is 22.3 Å². The molecule has 1 atom stereocenters. The predicted molar refractivity (Wildman–Crippen MR) is 76.7 cm³/mol. The van der Waals surface area contributed by atoms with Crippen LogP contribution in [0, 0.1) is 12.3 Å². The molecule has 1 heterocycles. The molecule has 1 unspecified atom stereocenters. The first-order valence-corrected chi connectivity index (χ1v) is 7.28. The van der Waals surface area contributed by atoms with Gasteiger partial charge in [0.25, 0.3) is 11.1 Å². The average molecular weight is 327 g/mol. The number of unbranched alkanes of at least 4 members (excludes halogenated alkanes) is 1. The average Bonchev–Trinajstić information content (AvgIpc) is 2.72. The van der Waals surface area contributed by atoms with Crippen LogP contribution in [0.15, 0.2) is 30.3 Å². The molecule has 2 rings (SSSR count). The van der Waals surface area contributed by atoms with Crippen molar-refractivity contribution in [2.24, 2.45) is 0 Å². The van der Waals surface area contributed by atoms with Crippen molar-refractivity contribution in [3.05, 3.63) is 35.9 Å². The fourth-order valence-corrected chi connectivity index (χ4v) is 3.61. The third kappa shape index (κ3) is 2.83. The zero-order valence-corrected chi connectivity index (χ0v) is 12.2. The molecule has 0 aromatic heterocycles. The fraction of sp³-hybridized carbons (Fsp3) is 0.333. The molecule has 1 aromatic carbocycles. The summed E-state index contributed by atoms with van der Waals surface area (Å²) in [5.74, 6) is 1.13. The maximum Gasteiger partial charge on any atom is 0.494 e. The molecule has 1 saturated heterocycles. The first kappa shape index (κ1) is 16.4. The van der Waals surface area contributed by atoms with E-state index in [0.717, 1.165) is 0 Å². The van der Waals surface area contributed by atoms with Gasteiger partial charge in [0.2, 0.25) is 0 Å². The molecular weight excluding hydrogens is 315 g/mol. The van der Waals surface area contributed by atoms with E-state index in [4.69, 9.17) is 6.42 Å². The lowest BCUT2D eigenvalue weighted by atomic mass is 9.91. The Labute approximate surface area is 129 Å². The van der Waals surface area contributed by atoms with Crippen LogP contribution in [0.1, 0.15) is 24.8 Å². The summed E-state index contributed by atoms with van der Waals surface area (Å²) < 4.78 is 37.3. The van der Waals surface area contributed by atoms with Crippen LogP contribution in [-0.2, 0) is 9.54 Å². The van der Waals surface area contributed by atoms with Gasteiger partial charge in [0, 0.05) is 6.42 Å². The highest BCUT2D eigenvalue weighted by Gasteiger charge is 2.61. The molecule has 0 bridgehead atoms. The lowest BCUT2D eigenvalue weighted by Gasteiger charge is -2.26. The minimum absolute atomic E-state index is 0.0725. The number of hydrogen-bond donors (Lipinski definition) is 0. The minimum Gasteiger partial charge on any atom is -0.272 e. The lowest BCUT2D eigenvalue weighted by molar-refractivity contribution is -0.220. The van der Waals surface area contributed by atoms with Crippen LogP contribution in [0.4, 0.5) is 18.0 Å². The summed E-state index contributed by atoms with van der Waals surface area (Å²) in [5.41, 5.74) is 0.377. The number of halogens is 3. The van der Waals surface area contributed by atoms with Crippen LogP contribution < -0.4 is 0 Å². The number of imide groups is 1. The number of hydrogen-bond acceptors (Lipinski definition) is 3. The predicted octanol–water partition coefficient (Wildman–Crippen LogP) is 3.90. The Hall–Kier alpha value is -1.94. The van der Waals surface area contributed by atoms with Gasteiger partial charge in [0.1, 0.15) is 4.75 Å². The van der Waals surface area contributed by atoms with Crippen molar-refractivity contribution >= 4 is 22.9 Å². The third-order valence-corrected chi connectivity index (χ3v) is 4.66. The van der Waals surface area contributed by atoms with Gasteiger partial charge >= 0.3 is 6.30 Å². The molecule has 0 N–H and O–H groups in total. The van der Waals surface area contributed by atoms with Crippen molar-refractivity contribution in [1.29, 1.82) is 0 Å². The van der Waals surface area contributed by atoms with Crippen molar-refractivity contribution in [2.75, 3.05) is 0 Å². The van der Waals surface area contributed by atoms with E-state index in [-0.39, 0.29) is 6.42 Å². The largest absolute Gasteiger partial charge is 0.494 e. The lowest BCUT2D eigenvalue weighted by Crippen LogP contribution is -2.45. The minimum atomic E-state index is -5.02. The summed E-state index contributed by atoms with van der Waals surface area (Å²) in [6, 6.07) is 8.02. The van der Waals surface area contributed by atoms with Crippen molar-refractivity contribution in [3.8, 4) is 12.3 Å². The maximum absolute atomic E-state index is 12.9. The van der Waals surface area contributed by atoms with Crippen LogP contribution in [0.5, 0.6) is 0 Å². The van der Waals surface area contributed by atoms with Crippen LogP contribution in [0.3, 0.4) is 0 Å². The van der Waals surface area contributed by atoms with Gasteiger partial charge in [-0.1, -0.05) is 30.3 Å². The van der Waals surface area contributed by atoms with Crippen LogP contribution in [0.25, 0.3) is 0 Å². The Morgan fingerprint density at radius 3 is 2.36 bits per heavy atom. The van der Waals surface area contributed by atoms with Gasteiger partial charge in [-0.15, -0.1) is 25.5 Å². The molecule has 1 aromatic rings. The quantitative estimate of drug-likeness (QED) is 0.478. The summed E-state index contributed by atoms with van der Waals surface area (Å²) in [6.07, 6.45) is 0.875. The van der Waals surface area contributed by atoms with Crippen LogP contribution in [0.2, 0.25) is 0 Å². The second-order valence-corrected chi connectivity index (χ2v) is 5.98. The molecule has 0 radical (unpaired) electrons. The molecule has 116 valence electrons. The van der Waals surface area contributed by atoms with Gasteiger partial charge < -0.3 is 0 Å². The molecule has 7 heteroatoms. The number of rotatable bonds is 4. The Morgan fingerprint density at radius 1 is 1.23 bits per heavy atom. The molecule has 0 saturated carbocycles. The van der Waals surface area contributed by atoms with E-state index in [1.807, 2.05) is 0 Å². The summed E-state index contributed by atoms with van der Waals surface area (Å²) in [6.45, 7) is 0. The Balaban J connectivity index is 2.45. The van der Waals surface area contributed by atoms with Crippen molar-refractivity contribution < 1.29 is 22.8 Å². The molecular formula is C15H12F3NO2S. The Morgan fingerprint density at radius 2 is 1.86 bits per heavy atom. The number of carbonyl (C=O) groups is 2. The van der Waals surface area contributed by atoms with E-state index in [1.165, 1.54) is 0 Å². The van der Waals surface area contributed by atoms with Gasteiger partial charge in [0.15, 0.2) is 0 Å². The highest BCUT2D eigenvalue weighted by Crippen LogP contribution is 2.51. The zero-order valence-electron chi connectivity index (χ0n) is 11.4. The summed E-state index contributed by atoms with van der Waals surface area (Å²) in [7, 11) is 0. The number of terminal acetylenes is 1. The fourth-order valence-electron chi connectivity index (χ4n) is 2.35. The second kappa shape index (κ2) is 6.05. The van der Waals surface area contributed by atoms with Crippen molar-refractivity contribution in [1.82, 2.24) is 4.90 Å². The Bertz CT molecular complexity index is 624.